The van der Waals surface area contributed by atoms with E-state index in [1.807, 2.05) is 0 Å². The molecule has 0 aliphatic heterocycles. The molecule has 0 radical (unpaired) electrons. The van der Waals surface area contributed by atoms with Gasteiger partial charge in [0.05, 0.1) is 11.9 Å². The van der Waals surface area contributed by atoms with E-state index < -0.39 is 5.97 Å². The van der Waals surface area contributed by atoms with Crippen molar-refractivity contribution in [1.82, 2.24) is 9.88 Å². The van der Waals surface area contributed by atoms with E-state index in [2.05, 4.69) is 24.1 Å². The van der Waals surface area contributed by atoms with Crippen LogP contribution in [0.15, 0.2) is 18.3 Å². The van der Waals surface area contributed by atoms with Crippen molar-refractivity contribution in [3.05, 3.63) is 24.0 Å². The molecule has 104 valence electrons. The topological polar surface area (TPSA) is 82.5 Å². The molecule has 2 amide bonds. The molecular formula is C13H19N3O3. The molecule has 6 nitrogen and oxygen atoms in total. The minimum Gasteiger partial charge on any atom is -0.477 e. The molecule has 2 N–H and O–H groups in total. The highest BCUT2D eigenvalue weighted by Crippen LogP contribution is 2.09. The summed E-state index contributed by atoms with van der Waals surface area (Å²) in [7, 11) is 1.72. The number of carbonyl (C=O) groups is 2. The lowest BCUT2D eigenvalue weighted by Crippen LogP contribution is -2.34. The number of urea groups is 1. The molecule has 0 spiro atoms. The van der Waals surface area contributed by atoms with Crippen LogP contribution in [0.5, 0.6) is 0 Å². The van der Waals surface area contributed by atoms with Gasteiger partial charge in [0.25, 0.3) is 0 Å². The summed E-state index contributed by atoms with van der Waals surface area (Å²) in [5.74, 6) is -0.657. The second-order valence-corrected chi connectivity index (χ2v) is 4.56. The van der Waals surface area contributed by atoms with Crippen LogP contribution in [0.4, 0.5) is 10.5 Å². The molecule has 0 aliphatic carbocycles. The second-order valence-electron chi connectivity index (χ2n) is 4.56. The predicted octanol–water partition coefficient (Wildman–Crippen LogP) is 2.29. The van der Waals surface area contributed by atoms with Crippen LogP contribution in [0.2, 0.25) is 0 Å². The van der Waals surface area contributed by atoms with Crippen molar-refractivity contribution < 1.29 is 14.7 Å². The SMILES string of the molecule is CCC(C)CN(C)C(=O)Nc1ccc(C(=O)O)nc1. The highest BCUT2D eigenvalue weighted by Gasteiger charge is 2.12. The third-order valence-electron chi connectivity index (χ3n) is 2.86. The monoisotopic (exact) mass is 265 g/mol. The Morgan fingerprint density at radius 3 is 2.63 bits per heavy atom. The zero-order valence-corrected chi connectivity index (χ0v) is 11.4. The third-order valence-corrected chi connectivity index (χ3v) is 2.86. The number of amides is 2. The average molecular weight is 265 g/mol. The Kier molecular flexibility index (Phi) is 5.29. The quantitative estimate of drug-likeness (QED) is 0.855. The van der Waals surface area contributed by atoms with Crippen LogP contribution in [0, 0.1) is 5.92 Å². The van der Waals surface area contributed by atoms with Crippen molar-refractivity contribution in [3.8, 4) is 0 Å². The van der Waals surface area contributed by atoms with Gasteiger partial charge in [0.1, 0.15) is 5.69 Å². The number of anilines is 1. The minimum absolute atomic E-state index is 0.0500. The van der Waals surface area contributed by atoms with Gasteiger partial charge in [-0.05, 0) is 18.1 Å². The zero-order valence-electron chi connectivity index (χ0n) is 11.4. The van der Waals surface area contributed by atoms with Gasteiger partial charge in [-0.2, -0.15) is 0 Å². The summed E-state index contributed by atoms with van der Waals surface area (Å²) < 4.78 is 0. The summed E-state index contributed by atoms with van der Waals surface area (Å²) in [6.07, 6.45) is 2.34. The summed E-state index contributed by atoms with van der Waals surface area (Å²) in [5, 5.41) is 11.4. The molecule has 1 heterocycles. The Morgan fingerprint density at radius 2 is 2.16 bits per heavy atom. The molecule has 1 aromatic heterocycles. The maximum atomic E-state index is 11.9. The fraction of sp³-hybridized carbons (Fsp3) is 0.462. The maximum absolute atomic E-state index is 11.9. The Hall–Kier alpha value is -2.11. The fourth-order valence-electron chi connectivity index (χ4n) is 1.49. The van der Waals surface area contributed by atoms with Crippen LogP contribution < -0.4 is 5.32 Å². The van der Waals surface area contributed by atoms with Gasteiger partial charge in [-0.25, -0.2) is 14.6 Å². The highest BCUT2D eigenvalue weighted by molar-refractivity contribution is 5.90. The Labute approximate surface area is 112 Å². The normalized spacial score (nSPS) is 11.7. The number of carbonyl (C=O) groups excluding carboxylic acids is 1. The van der Waals surface area contributed by atoms with E-state index in [9.17, 15) is 9.59 Å². The summed E-state index contributed by atoms with van der Waals surface area (Å²) >= 11 is 0. The van der Waals surface area contributed by atoms with E-state index in [0.717, 1.165) is 6.42 Å². The van der Waals surface area contributed by atoms with Gasteiger partial charge in [-0.1, -0.05) is 20.3 Å². The summed E-state index contributed by atoms with van der Waals surface area (Å²) in [4.78, 5) is 27.8. The Morgan fingerprint density at radius 1 is 1.47 bits per heavy atom. The average Bonchev–Trinajstić information content (AvgIpc) is 2.38. The van der Waals surface area contributed by atoms with Gasteiger partial charge < -0.3 is 15.3 Å². The molecule has 1 rings (SSSR count). The molecule has 0 fully saturated rings. The molecular weight excluding hydrogens is 246 g/mol. The van der Waals surface area contributed by atoms with Crippen LogP contribution in [-0.4, -0.2) is 40.6 Å². The van der Waals surface area contributed by atoms with E-state index in [1.165, 1.54) is 18.3 Å². The van der Waals surface area contributed by atoms with Crippen LogP contribution in [0.1, 0.15) is 30.8 Å². The Balaban J connectivity index is 2.59. The first-order valence-electron chi connectivity index (χ1n) is 6.15. The van der Waals surface area contributed by atoms with E-state index >= 15 is 0 Å². The largest absolute Gasteiger partial charge is 0.477 e. The number of aromatic carboxylic acids is 1. The molecule has 0 saturated heterocycles. The van der Waals surface area contributed by atoms with Crippen molar-refractivity contribution in [2.45, 2.75) is 20.3 Å². The number of hydrogen-bond donors (Lipinski definition) is 2. The van der Waals surface area contributed by atoms with Crippen molar-refractivity contribution >= 4 is 17.7 Å². The summed E-state index contributed by atoms with van der Waals surface area (Å²) in [6.45, 7) is 4.82. The third kappa shape index (κ3) is 4.57. The molecule has 1 aromatic rings. The summed E-state index contributed by atoms with van der Waals surface area (Å²) in [6, 6.07) is 2.64. The lowest BCUT2D eigenvalue weighted by molar-refractivity contribution is 0.0690. The number of pyridine rings is 1. The van der Waals surface area contributed by atoms with Crippen molar-refractivity contribution in [1.29, 1.82) is 0 Å². The number of carboxylic acid groups (broad SMARTS) is 1. The van der Waals surface area contributed by atoms with Gasteiger partial charge >= 0.3 is 12.0 Å². The van der Waals surface area contributed by atoms with Crippen LogP contribution in [0.25, 0.3) is 0 Å². The first-order chi connectivity index (χ1) is 8.93. The number of aromatic nitrogens is 1. The predicted molar refractivity (Wildman–Crippen MR) is 72.3 cm³/mol. The standard InChI is InChI=1S/C13H19N3O3/c1-4-9(2)8-16(3)13(19)15-10-5-6-11(12(17)18)14-7-10/h5-7,9H,4,8H2,1-3H3,(H,15,19)(H,17,18). The lowest BCUT2D eigenvalue weighted by atomic mass is 10.1. The van der Waals surface area contributed by atoms with E-state index in [-0.39, 0.29) is 11.7 Å². The number of hydrogen-bond acceptors (Lipinski definition) is 3. The van der Waals surface area contributed by atoms with Gasteiger partial charge in [-0.15, -0.1) is 0 Å². The molecule has 19 heavy (non-hydrogen) atoms. The van der Waals surface area contributed by atoms with Gasteiger partial charge in [-0.3, -0.25) is 0 Å². The smallest absolute Gasteiger partial charge is 0.354 e. The van der Waals surface area contributed by atoms with Crippen LogP contribution in [0.3, 0.4) is 0 Å². The summed E-state index contributed by atoms with van der Waals surface area (Å²) in [5.41, 5.74) is 0.428. The fourth-order valence-corrected chi connectivity index (χ4v) is 1.49. The molecule has 1 atom stereocenters. The van der Waals surface area contributed by atoms with E-state index in [4.69, 9.17) is 5.11 Å². The molecule has 0 saturated carbocycles. The number of nitrogens with one attached hydrogen (secondary N) is 1. The molecule has 1 unspecified atom stereocenters. The highest BCUT2D eigenvalue weighted by atomic mass is 16.4. The molecule has 0 bridgehead atoms. The van der Waals surface area contributed by atoms with Crippen LogP contribution >= 0.6 is 0 Å². The first-order valence-corrected chi connectivity index (χ1v) is 6.15. The number of carboxylic acids is 1. The van der Waals surface area contributed by atoms with Crippen molar-refractivity contribution in [3.63, 3.8) is 0 Å². The van der Waals surface area contributed by atoms with Crippen molar-refractivity contribution in [2.24, 2.45) is 5.92 Å². The maximum Gasteiger partial charge on any atom is 0.354 e. The van der Waals surface area contributed by atoms with Gasteiger partial charge in [0, 0.05) is 13.6 Å². The van der Waals surface area contributed by atoms with E-state index in [1.54, 1.807) is 11.9 Å². The van der Waals surface area contributed by atoms with E-state index in [0.29, 0.717) is 18.2 Å². The minimum atomic E-state index is -1.09. The van der Waals surface area contributed by atoms with Crippen molar-refractivity contribution in [2.75, 3.05) is 18.9 Å². The molecule has 0 aromatic carbocycles. The van der Waals surface area contributed by atoms with Gasteiger partial charge in [0.2, 0.25) is 0 Å². The lowest BCUT2D eigenvalue weighted by Gasteiger charge is -2.21. The molecule has 0 aliphatic rings. The number of nitrogens with zero attached hydrogens (tertiary/aromatic N) is 2. The molecule has 6 heteroatoms. The Bertz CT molecular complexity index is 445. The number of rotatable bonds is 5. The first kappa shape index (κ1) is 14.9. The van der Waals surface area contributed by atoms with Gasteiger partial charge in [0.15, 0.2) is 0 Å². The zero-order chi connectivity index (χ0) is 14.4. The van der Waals surface area contributed by atoms with Crippen LogP contribution in [-0.2, 0) is 0 Å². The second kappa shape index (κ2) is 6.72.